The summed E-state index contributed by atoms with van der Waals surface area (Å²) >= 11 is 5.71. The average Bonchev–Trinajstić information content (AvgIpc) is 2.93. The molecule has 0 amide bonds. The Balaban J connectivity index is 2.27. The van der Waals surface area contributed by atoms with E-state index in [1.807, 2.05) is 0 Å². The Kier molecular flexibility index (Phi) is 4.23. The number of aliphatic hydroxyl groups is 1. The van der Waals surface area contributed by atoms with Crippen LogP contribution < -0.4 is 0 Å². The van der Waals surface area contributed by atoms with Crippen molar-refractivity contribution in [1.82, 2.24) is 3.97 Å². The maximum atomic E-state index is 13.4. The van der Waals surface area contributed by atoms with Crippen LogP contribution in [0.3, 0.4) is 0 Å². The molecule has 10 heteroatoms. The third-order valence-electron chi connectivity index (χ3n) is 3.66. The van der Waals surface area contributed by atoms with Crippen LogP contribution in [0.25, 0.3) is 10.9 Å². The first kappa shape index (κ1) is 17.3. The van der Waals surface area contributed by atoms with Gasteiger partial charge in [0.15, 0.2) is 0 Å². The van der Waals surface area contributed by atoms with Crippen molar-refractivity contribution in [3.05, 3.63) is 69.1 Å². The topological polar surface area (TPSA) is 102 Å². The number of nitro groups is 1. The zero-order chi connectivity index (χ0) is 18.4. The minimum atomic E-state index is -4.22. The van der Waals surface area contributed by atoms with Crippen LogP contribution in [0.15, 0.2) is 47.5 Å². The molecule has 130 valence electrons. The van der Waals surface area contributed by atoms with Gasteiger partial charge in [0.05, 0.1) is 21.9 Å². The van der Waals surface area contributed by atoms with Crippen LogP contribution in [0.5, 0.6) is 0 Å². The molecule has 1 aromatic heterocycles. The smallest absolute Gasteiger partial charge is 0.289 e. The van der Waals surface area contributed by atoms with Crippen molar-refractivity contribution in [2.45, 2.75) is 11.5 Å². The number of hydrogen-bond donors (Lipinski definition) is 1. The molecule has 0 saturated carbocycles. The lowest BCUT2D eigenvalue weighted by Crippen LogP contribution is -2.12. The summed E-state index contributed by atoms with van der Waals surface area (Å²) in [4.78, 5) is 9.84. The number of nitrogens with zero attached hydrogens (tertiary/aromatic N) is 2. The van der Waals surface area contributed by atoms with Crippen molar-refractivity contribution in [3.63, 3.8) is 0 Å². The number of aliphatic hydroxyl groups excluding tert-OH is 1. The zero-order valence-electron chi connectivity index (χ0n) is 12.4. The molecule has 0 spiro atoms. The molecule has 0 saturated heterocycles. The van der Waals surface area contributed by atoms with Crippen LogP contribution in [0, 0.1) is 15.9 Å². The van der Waals surface area contributed by atoms with Gasteiger partial charge in [0.2, 0.25) is 0 Å². The number of hydrogen-bond acceptors (Lipinski definition) is 5. The molecule has 0 radical (unpaired) electrons. The second-order valence-corrected chi connectivity index (χ2v) is 7.37. The molecular weight excluding hydrogens is 375 g/mol. The summed E-state index contributed by atoms with van der Waals surface area (Å²) < 4.78 is 40.0. The highest BCUT2D eigenvalue weighted by Gasteiger charge is 2.24. The summed E-state index contributed by atoms with van der Waals surface area (Å²) in [6.45, 7) is -0.497. The third kappa shape index (κ3) is 2.86. The van der Waals surface area contributed by atoms with E-state index in [1.165, 1.54) is 6.07 Å². The Hall–Kier alpha value is -2.49. The second kappa shape index (κ2) is 6.10. The Labute approximate surface area is 146 Å². The highest BCUT2D eigenvalue weighted by atomic mass is 35.5. The maximum absolute atomic E-state index is 13.4. The van der Waals surface area contributed by atoms with Crippen LogP contribution in [0.4, 0.5) is 10.1 Å². The second-order valence-electron chi connectivity index (χ2n) is 5.15. The third-order valence-corrected chi connectivity index (χ3v) is 5.65. The molecule has 0 aliphatic carbocycles. The Morgan fingerprint density at radius 3 is 2.60 bits per heavy atom. The Morgan fingerprint density at radius 1 is 1.24 bits per heavy atom. The molecule has 7 nitrogen and oxygen atoms in total. The minimum absolute atomic E-state index is 0.142. The number of fused-ring (bicyclic) bond motifs is 1. The van der Waals surface area contributed by atoms with Gasteiger partial charge in [-0.2, -0.15) is 0 Å². The zero-order valence-corrected chi connectivity index (χ0v) is 14.0. The fraction of sp³-hybridized carbons (Fsp3) is 0.0667. The first-order chi connectivity index (χ1) is 11.8. The lowest BCUT2D eigenvalue weighted by molar-refractivity contribution is -0.384. The number of benzene rings is 2. The lowest BCUT2D eigenvalue weighted by atomic mass is 10.2. The van der Waals surface area contributed by atoms with Crippen LogP contribution in [-0.4, -0.2) is 22.4 Å². The molecule has 3 aromatic rings. The van der Waals surface area contributed by atoms with Crippen molar-refractivity contribution in [2.24, 2.45) is 0 Å². The molecule has 3 rings (SSSR count). The molecule has 2 aromatic carbocycles. The van der Waals surface area contributed by atoms with Gasteiger partial charge >= 0.3 is 0 Å². The van der Waals surface area contributed by atoms with Crippen LogP contribution in [0.2, 0.25) is 5.02 Å². The van der Waals surface area contributed by atoms with E-state index in [-0.39, 0.29) is 26.4 Å². The van der Waals surface area contributed by atoms with Crippen LogP contribution in [-0.2, 0) is 16.6 Å². The van der Waals surface area contributed by atoms with Crippen molar-refractivity contribution in [2.75, 3.05) is 0 Å². The van der Waals surface area contributed by atoms with E-state index in [1.54, 1.807) is 0 Å². The molecule has 0 fully saturated rings. The molecule has 0 aliphatic rings. The minimum Gasteiger partial charge on any atom is -0.392 e. The van der Waals surface area contributed by atoms with E-state index < -0.39 is 33.1 Å². The summed E-state index contributed by atoms with van der Waals surface area (Å²) in [5, 5.41) is 20.4. The van der Waals surface area contributed by atoms with E-state index in [4.69, 9.17) is 11.6 Å². The molecule has 1 heterocycles. The Morgan fingerprint density at radius 2 is 1.96 bits per heavy atom. The largest absolute Gasteiger partial charge is 0.392 e. The van der Waals surface area contributed by atoms with Crippen molar-refractivity contribution >= 4 is 38.2 Å². The lowest BCUT2D eigenvalue weighted by Gasteiger charge is -2.08. The van der Waals surface area contributed by atoms with Gasteiger partial charge in [-0.05, 0) is 30.3 Å². The first-order valence-electron chi connectivity index (χ1n) is 6.85. The quantitative estimate of drug-likeness (QED) is 0.550. The fourth-order valence-corrected chi connectivity index (χ4v) is 4.07. The number of nitro benzene ring substituents is 1. The molecule has 0 unspecified atom stereocenters. The summed E-state index contributed by atoms with van der Waals surface area (Å²) in [7, 11) is -4.22. The van der Waals surface area contributed by atoms with Gasteiger partial charge in [-0.15, -0.1) is 0 Å². The Bertz CT molecular complexity index is 1110. The number of halogens is 2. The predicted molar refractivity (Wildman–Crippen MR) is 88.5 cm³/mol. The summed E-state index contributed by atoms with van der Waals surface area (Å²) in [6.07, 6.45) is 1.15. The van der Waals surface area contributed by atoms with Crippen molar-refractivity contribution < 1.29 is 22.8 Å². The van der Waals surface area contributed by atoms with Gasteiger partial charge in [-0.3, -0.25) is 10.1 Å². The average molecular weight is 385 g/mol. The van der Waals surface area contributed by atoms with E-state index in [9.17, 15) is 28.0 Å². The molecule has 0 aliphatic heterocycles. The van der Waals surface area contributed by atoms with Gasteiger partial charge in [0.25, 0.3) is 15.7 Å². The van der Waals surface area contributed by atoms with Crippen molar-refractivity contribution in [1.29, 1.82) is 0 Å². The van der Waals surface area contributed by atoms with E-state index in [2.05, 4.69) is 0 Å². The molecule has 25 heavy (non-hydrogen) atoms. The van der Waals surface area contributed by atoms with E-state index >= 15 is 0 Å². The van der Waals surface area contributed by atoms with Gasteiger partial charge in [0, 0.05) is 23.2 Å². The first-order valence-corrected chi connectivity index (χ1v) is 8.67. The van der Waals surface area contributed by atoms with Crippen molar-refractivity contribution in [3.8, 4) is 0 Å². The predicted octanol–water partition coefficient (Wildman–Crippen LogP) is 3.07. The van der Waals surface area contributed by atoms with Gasteiger partial charge in [0.1, 0.15) is 10.8 Å². The summed E-state index contributed by atoms with van der Waals surface area (Å²) in [6, 6.07) is 6.55. The number of rotatable bonds is 4. The monoisotopic (exact) mass is 384 g/mol. The highest BCUT2D eigenvalue weighted by Crippen LogP contribution is 2.31. The van der Waals surface area contributed by atoms with E-state index in [0.717, 1.165) is 40.5 Å². The highest BCUT2D eigenvalue weighted by molar-refractivity contribution is 7.90. The molecule has 0 bridgehead atoms. The fourth-order valence-electron chi connectivity index (χ4n) is 2.47. The normalized spacial score (nSPS) is 11.8. The number of aromatic nitrogens is 1. The van der Waals surface area contributed by atoms with Crippen LogP contribution in [0.1, 0.15) is 5.56 Å². The van der Waals surface area contributed by atoms with E-state index in [0.29, 0.717) is 0 Å². The van der Waals surface area contributed by atoms with Gasteiger partial charge in [-0.25, -0.2) is 16.8 Å². The molecule has 1 N–H and O–H groups in total. The van der Waals surface area contributed by atoms with Gasteiger partial charge in [-0.1, -0.05) is 11.6 Å². The standard InChI is InChI=1S/C15H10ClFN2O5S/c16-13-3-2-11(6-15(13)19(21)22)25(23,24)18-7-9(8-20)12-5-10(17)1-4-14(12)18/h1-7,20H,8H2. The molecular formula is C15H10ClFN2O5S. The SMILES string of the molecule is O=[N+]([O-])c1cc(S(=O)(=O)n2cc(CO)c3cc(F)ccc32)ccc1Cl. The maximum Gasteiger partial charge on any atom is 0.289 e. The summed E-state index contributed by atoms with van der Waals surface area (Å²) in [5.41, 5.74) is -0.197. The molecule has 0 atom stereocenters. The summed E-state index contributed by atoms with van der Waals surface area (Å²) in [5.74, 6) is -0.584. The van der Waals surface area contributed by atoms with Gasteiger partial charge < -0.3 is 5.11 Å². The van der Waals surface area contributed by atoms with Crippen LogP contribution >= 0.6 is 11.6 Å².